The smallest absolute Gasteiger partial charge is 0.308 e. The number of amides is 1. The van der Waals surface area contributed by atoms with Crippen LogP contribution in [0.5, 0.6) is 0 Å². The quantitative estimate of drug-likeness (QED) is 0.806. The van der Waals surface area contributed by atoms with Gasteiger partial charge in [-0.2, -0.15) is 11.8 Å². The summed E-state index contributed by atoms with van der Waals surface area (Å²) in [5, 5.41) is 12.2. The molecule has 0 aromatic heterocycles. The third-order valence-corrected chi connectivity index (χ3v) is 4.08. The van der Waals surface area contributed by atoms with Gasteiger partial charge in [-0.3, -0.25) is 9.59 Å². The van der Waals surface area contributed by atoms with Gasteiger partial charge in [0.05, 0.1) is 5.92 Å². The van der Waals surface area contributed by atoms with Crippen molar-refractivity contribution in [1.82, 2.24) is 5.32 Å². The van der Waals surface area contributed by atoms with Crippen LogP contribution in [-0.2, 0) is 9.59 Å². The molecule has 0 saturated heterocycles. The van der Waals surface area contributed by atoms with Crippen LogP contribution < -0.4 is 5.32 Å². The van der Waals surface area contributed by atoms with E-state index >= 15 is 0 Å². The minimum absolute atomic E-state index is 0.0128. The van der Waals surface area contributed by atoms with Gasteiger partial charge in [-0.1, -0.05) is 25.7 Å². The van der Waals surface area contributed by atoms with Crippen molar-refractivity contribution in [2.24, 2.45) is 5.92 Å². The van der Waals surface area contributed by atoms with Crippen LogP contribution in [-0.4, -0.2) is 35.0 Å². The van der Waals surface area contributed by atoms with Gasteiger partial charge in [-0.15, -0.1) is 0 Å². The summed E-state index contributed by atoms with van der Waals surface area (Å²) in [6.07, 6.45) is 8.13. The first kappa shape index (κ1) is 15.3. The summed E-state index contributed by atoms with van der Waals surface area (Å²) in [6.45, 7) is 0. The predicted molar refractivity (Wildman–Crippen MR) is 73.8 cm³/mol. The Hall–Kier alpha value is -0.710. The van der Waals surface area contributed by atoms with Gasteiger partial charge >= 0.3 is 5.97 Å². The van der Waals surface area contributed by atoms with Crippen molar-refractivity contribution >= 4 is 23.6 Å². The molecule has 1 amide bonds. The number of carbonyl (C=O) groups excluding carboxylic acids is 1. The molecule has 18 heavy (non-hydrogen) atoms. The average Bonchev–Trinajstić information content (AvgIpc) is 2.29. The topological polar surface area (TPSA) is 66.4 Å². The lowest BCUT2D eigenvalue weighted by atomic mass is 9.86. The molecule has 5 heteroatoms. The van der Waals surface area contributed by atoms with E-state index in [1.807, 2.05) is 6.26 Å². The Balaban J connectivity index is 2.54. The largest absolute Gasteiger partial charge is 0.481 e. The standard InChI is InChI=1S/C13H23NO3S/c1-18-9-8-12(15)14-11-7-5-3-2-4-6-10(11)13(16)17/h10-11H,2-9H2,1H3,(H,14,15)(H,16,17). The molecule has 0 aliphatic heterocycles. The molecule has 0 aromatic rings. The molecule has 1 aliphatic rings. The minimum Gasteiger partial charge on any atom is -0.481 e. The number of carbonyl (C=O) groups is 2. The molecule has 0 bridgehead atoms. The van der Waals surface area contributed by atoms with Crippen molar-refractivity contribution in [2.45, 2.75) is 51.0 Å². The second kappa shape index (κ2) is 8.40. The highest BCUT2D eigenvalue weighted by atomic mass is 32.2. The lowest BCUT2D eigenvalue weighted by Gasteiger charge is -2.27. The monoisotopic (exact) mass is 273 g/mol. The van der Waals surface area contributed by atoms with Crippen LogP contribution in [0.15, 0.2) is 0 Å². The predicted octanol–water partition coefficient (Wildman–Crippen LogP) is 2.28. The summed E-state index contributed by atoms with van der Waals surface area (Å²) >= 11 is 1.63. The molecule has 0 aromatic carbocycles. The van der Waals surface area contributed by atoms with E-state index in [-0.39, 0.29) is 11.9 Å². The highest BCUT2D eigenvalue weighted by molar-refractivity contribution is 7.98. The summed E-state index contributed by atoms with van der Waals surface area (Å²) in [5.41, 5.74) is 0. The van der Waals surface area contributed by atoms with Crippen LogP contribution in [0.25, 0.3) is 0 Å². The Bertz CT molecular complexity index is 283. The highest BCUT2D eigenvalue weighted by Gasteiger charge is 2.29. The minimum atomic E-state index is -0.771. The summed E-state index contributed by atoms with van der Waals surface area (Å²) in [7, 11) is 0. The van der Waals surface area contributed by atoms with E-state index in [1.165, 1.54) is 0 Å². The van der Waals surface area contributed by atoms with Gasteiger partial charge in [0.1, 0.15) is 0 Å². The van der Waals surface area contributed by atoms with Crippen LogP contribution in [0.2, 0.25) is 0 Å². The second-order valence-corrected chi connectivity index (χ2v) is 5.84. The summed E-state index contributed by atoms with van der Waals surface area (Å²) < 4.78 is 0. The van der Waals surface area contributed by atoms with Crippen molar-refractivity contribution in [1.29, 1.82) is 0 Å². The lowest BCUT2D eigenvalue weighted by Crippen LogP contribution is -2.44. The van der Waals surface area contributed by atoms with Crippen LogP contribution >= 0.6 is 11.8 Å². The maximum Gasteiger partial charge on any atom is 0.308 e. The molecular weight excluding hydrogens is 250 g/mol. The van der Waals surface area contributed by atoms with Gasteiger partial charge < -0.3 is 10.4 Å². The Labute approximate surface area is 113 Å². The van der Waals surface area contributed by atoms with Crippen LogP contribution in [0.3, 0.4) is 0 Å². The fourth-order valence-corrected chi connectivity index (χ4v) is 2.82. The molecule has 0 spiro atoms. The highest BCUT2D eigenvalue weighted by Crippen LogP contribution is 2.23. The number of carboxylic acid groups (broad SMARTS) is 1. The molecule has 4 nitrogen and oxygen atoms in total. The first-order chi connectivity index (χ1) is 8.65. The van der Waals surface area contributed by atoms with Crippen molar-refractivity contribution in [3.05, 3.63) is 0 Å². The Morgan fingerprint density at radius 1 is 1.22 bits per heavy atom. The van der Waals surface area contributed by atoms with Crippen LogP contribution in [0.1, 0.15) is 44.9 Å². The molecule has 2 atom stereocenters. The fourth-order valence-electron chi connectivity index (χ4n) is 2.43. The fraction of sp³-hybridized carbons (Fsp3) is 0.846. The summed E-state index contributed by atoms with van der Waals surface area (Å²) in [5.74, 6) is -0.409. The molecule has 104 valence electrons. The third-order valence-electron chi connectivity index (χ3n) is 3.46. The second-order valence-electron chi connectivity index (χ2n) is 4.85. The van der Waals surface area contributed by atoms with E-state index in [0.717, 1.165) is 37.9 Å². The first-order valence-electron chi connectivity index (χ1n) is 6.66. The number of hydrogen-bond acceptors (Lipinski definition) is 3. The van der Waals surface area contributed by atoms with Crippen molar-refractivity contribution < 1.29 is 14.7 Å². The number of thioether (sulfide) groups is 1. The zero-order valence-corrected chi connectivity index (χ0v) is 11.8. The molecule has 1 saturated carbocycles. The molecule has 0 radical (unpaired) electrons. The zero-order valence-electron chi connectivity index (χ0n) is 11.0. The van der Waals surface area contributed by atoms with Crippen molar-refractivity contribution in [3.8, 4) is 0 Å². The molecule has 1 rings (SSSR count). The third kappa shape index (κ3) is 5.29. The van der Waals surface area contributed by atoms with Gasteiger partial charge in [0.15, 0.2) is 0 Å². The molecule has 1 fully saturated rings. The van der Waals surface area contributed by atoms with Gasteiger partial charge in [0.25, 0.3) is 0 Å². The van der Waals surface area contributed by atoms with E-state index in [1.54, 1.807) is 11.8 Å². The van der Waals surface area contributed by atoms with E-state index < -0.39 is 11.9 Å². The van der Waals surface area contributed by atoms with Gasteiger partial charge in [-0.05, 0) is 19.1 Å². The van der Waals surface area contributed by atoms with Crippen molar-refractivity contribution in [2.75, 3.05) is 12.0 Å². The van der Waals surface area contributed by atoms with E-state index in [9.17, 15) is 14.7 Å². The SMILES string of the molecule is CSCCC(=O)NC1CCCCCCC1C(=O)O. The number of nitrogens with one attached hydrogen (secondary N) is 1. The van der Waals surface area contributed by atoms with E-state index in [0.29, 0.717) is 12.8 Å². The number of aliphatic carboxylic acids is 1. The maximum absolute atomic E-state index is 11.7. The van der Waals surface area contributed by atoms with Gasteiger partial charge in [-0.25, -0.2) is 0 Å². The zero-order chi connectivity index (χ0) is 13.4. The number of rotatable bonds is 5. The summed E-state index contributed by atoms with van der Waals surface area (Å²) in [4.78, 5) is 23.0. The Morgan fingerprint density at radius 3 is 2.50 bits per heavy atom. The van der Waals surface area contributed by atoms with Crippen molar-refractivity contribution in [3.63, 3.8) is 0 Å². The van der Waals surface area contributed by atoms with Crippen LogP contribution in [0.4, 0.5) is 0 Å². The average molecular weight is 273 g/mol. The van der Waals surface area contributed by atoms with Gasteiger partial charge in [0, 0.05) is 18.2 Å². The maximum atomic E-state index is 11.7. The van der Waals surface area contributed by atoms with E-state index in [2.05, 4.69) is 5.32 Å². The summed E-state index contributed by atoms with van der Waals surface area (Å²) in [6, 6.07) is -0.183. The normalized spacial score (nSPS) is 24.9. The van der Waals surface area contributed by atoms with E-state index in [4.69, 9.17) is 0 Å². The lowest BCUT2D eigenvalue weighted by molar-refractivity contribution is -0.143. The molecule has 2 unspecified atom stereocenters. The number of hydrogen-bond donors (Lipinski definition) is 2. The number of carboxylic acids is 1. The molecule has 2 N–H and O–H groups in total. The molecule has 0 heterocycles. The Kier molecular flexibility index (Phi) is 7.16. The van der Waals surface area contributed by atoms with Crippen LogP contribution in [0, 0.1) is 5.92 Å². The van der Waals surface area contributed by atoms with Gasteiger partial charge in [0.2, 0.25) is 5.91 Å². The molecular formula is C13H23NO3S. The first-order valence-corrected chi connectivity index (χ1v) is 8.05. The molecule has 1 aliphatic carbocycles. The Morgan fingerprint density at radius 2 is 1.89 bits per heavy atom.